The van der Waals surface area contributed by atoms with E-state index in [4.69, 9.17) is 4.98 Å². The molecule has 0 bridgehead atoms. The molecule has 1 aliphatic rings. The van der Waals surface area contributed by atoms with Crippen molar-refractivity contribution in [3.05, 3.63) is 35.0 Å². The van der Waals surface area contributed by atoms with E-state index in [-0.39, 0.29) is 0 Å². The molecule has 0 aromatic carbocycles. The lowest BCUT2D eigenvalue weighted by atomic mass is 10.1. The van der Waals surface area contributed by atoms with Gasteiger partial charge in [-0.1, -0.05) is 25.5 Å². The third-order valence-electron chi connectivity index (χ3n) is 3.54. The van der Waals surface area contributed by atoms with Crippen LogP contribution in [0.3, 0.4) is 0 Å². The maximum Gasteiger partial charge on any atom is 0.129 e. The number of rotatable bonds is 5. The van der Waals surface area contributed by atoms with Crippen LogP contribution in [0.4, 0.5) is 5.82 Å². The summed E-state index contributed by atoms with van der Waals surface area (Å²) in [6.07, 6.45) is 3.46. The van der Waals surface area contributed by atoms with Crippen LogP contribution in [0, 0.1) is 12.8 Å². The van der Waals surface area contributed by atoms with Gasteiger partial charge in [-0.15, -0.1) is 0 Å². The molecule has 0 saturated heterocycles. The molecule has 0 atom stereocenters. The summed E-state index contributed by atoms with van der Waals surface area (Å²) in [5, 5.41) is 3.51. The standard InChI is InChI=1S/C17H27N3/c1-13(2)10-18-11-16-8-15(4)19-17(9-16)20-7-5-6-14(3)12-20/h6,8-9,13,18H,5,7,10-12H2,1-4H3. The van der Waals surface area contributed by atoms with E-state index in [0.717, 1.165) is 44.1 Å². The van der Waals surface area contributed by atoms with Crippen LogP contribution in [-0.2, 0) is 6.54 Å². The fraction of sp³-hybridized carbons (Fsp3) is 0.588. The molecule has 110 valence electrons. The highest BCUT2D eigenvalue weighted by atomic mass is 15.2. The zero-order valence-corrected chi connectivity index (χ0v) is 13.2. The Kier molecular flexibility index (Phi) is 5.18. The summed E-state index contributed by atoms with van der Waals surface area (Å²) in [6.45, 7) is 12.8. The van der Waals surface area contributed by atoms with E-state index in [2.05, 4.69) is 56.1 Å². The van der Waals surface area contributed by atoms with Crippen LogP contribution in [0.5, 0.6) is 0 Å². The van der Waals surface area contributed by atoms with Gasteiger partial charge in [-0.05, 0) is 50.4 Å². The minimum atomic E-state index is 0.687. The first kappa shape index (κ1) is 15.0. The van der Waals surface area contributed by atoms with Crippen molar-refractivity contribution in [2.45, 2.75) is 40.7 Å². The molecule has 1 aromatic rings. The molecule has 3 heteroatoms. The Balaban J connectivity index is 2.06. The number of nitrogens with one attached hydrogen (secondary N) is 1. The molecular formula is C17H27N3. The molecular weight excluding hydrogens is 246 g/mol. The van der Waals surface area contributed by atoms with E-state index < -0.39 is 0 Å². The topological polar surface area (TPSA) is 28.2 Å². The van der Waals surface area contributed by atoms with Crippen molar-refractivity contribution >= 4 is 5.82 Å². The molecule has 1 aliphatic heterocycles. The summed E-state index contributed by atoms with van der Waals surface area (Å²) in [6, 6.07) is 4.42. The molecule has 1 aromatic heterocycles. The van der Waals surface area contributed by atoms with Crippen molar-refractivity contribution in [3.63, 3.8) is 0 Å². The highest BCUT2D eigenvalue weighted by Gasteiger charge is 2.13. The Morgan fingerprint density at radius 1 is 1.30 bits per heavy atom. The Bertz CT molecular complexity index is 477. The molecule has 0 fully saturated rings. The minimum Gasteiger partial charge on any atom is -0.352 e. The Morgan fingerprint density at radius 2 is 2.10 bits per heavy atom. The minimum absolute atomic E-state index is 0.687. The average molecular weight is 273 g/mol. The molecule has 2 rings (SSSR count). The van der Waals surface area contributed by atoms with Crippen molar-refractivity contribution in [2.75, 3.05) is 24.5 Å². The number of pyridine rings is 1. The van der Waals surface area contributed by atoms with Gasteiger partial charge >= 0.3 is 0 Å². The van der Waals surface area contributed by atoms with Crippen molar-refractivity contribution < 1.29 is 0 Å². The van der Waals surface area contributed by atoms with Gasteiger partial charge in [0.05, 0.1) is 0 Å². The average Bonchev–Trinajstić information content (AvgIpc) is 2.37. The SMILES string of the molecule is CC1=CCCN(c2cc(CNCC(C)C)cc(C)n2)C1. The summed E-state index contributed by atoms with van der Waals surface area (Å²) < 4.78 is 0. The molecule has 0 saturated carbocycles. The van der Waals surface area contributed by atoms with Gasteiger partial charge in [0.2, 0.25) is 0 Å². The summed E-state index contributed by atoms with van der Waals surface area (Å²) in [7, 11) is 0. The number of anilines is 1. The number of nitrogens with zero attached hydrogens (tertiary/aromatic N) is 2. The van der Waals surface area contributed by atoms with Gasteiger partial charge in [-0.2, -0.15) is 0 Å². The number of hydrogen-bond donors (Lipinski definition) is 1. The lowest BCUT2D eigenvalue weighted by Crippen LogP contribution is -2.30. The van der Waals surface area contributed by atoms with Crippen LogP contribution in [0.15, 0.2) is 23.8 Å². The first-order valence-electron chi connectivity index (χ1n) is 7.63. The molecule has 0 spiro atoms. The quantitative estimate of drug-likeness (QED) is 0.834. The Morgan fingerprint density at radius 3 is 2.80 bits per heavy atom. The lowest BCUT2D eigenvalue weighted by molar-refractivity contribution is 0.552. The van der Waals surface area contributed by atoms with Crippen LogP contribution in [0.2, 0.25) is 0 Å². The van der Waals surface area contributed by atoms with Crippen molar-refractivity contribution in [1.29, 1.82) is 0 Å². The van der Waals surface area contributed by atoms with Crippen LogP contribution in [0.1, 0.15) is 38.4 Å². The van der Waals surface area contributed by atoms with Crippen LogP contribution < -0.4 is 10.2 Å². The maximum absolute atomic E-state index is 4.71. The van der Waals surface area contributed by atoms with Gasteiger partial charge in [-0.3, -0.25) is 0 Å². The number of hydrogen-bond acceptors (Lipinski definition) is 3. The molecule has 1 N–H and O–H groups in total. The predicted molar refractivity (Wildman–Crippen MR) is 86.1 cm³/mol. The summed E-state index contributed by atoms with van der Waals surface area (Å²) in [5.41, 5.74) is 3.88. The van der Waals surface area contributed by atoms with Gasteiger partial charge in [0.1, 0.15) is 5.82 Å². The zero-order valence-electron chi connectivity index (χ0n) is 13.2. The van der Waals surface area contributed by atoms with E-state index in [0.29, 0.717) is 5.92 Å². The molecule has 2 heterocycles. The second-order valence-electron chi connectivity index (χ2n) is 6.26. The Labute approximate surface area is 123 Å². The van der Waals surface area contributed by atoms with Gasteiger partial charge < -0.3 is 10.2 Å². The highest BCUT2D eigenvalue weighted by molar-refractivity contribution is 5.45. The van der Waals surface area contributed by atoms with Crippen LogP contribution in [-0.4, -0.2) is 24.6 Å². The molecule has 0 unspecified atom stereocenters. The molecule has 3 nitrogen and oxygen atoms in total. The van der Waals surface area contributed by atoms with E-state index in [1.807, 2.05) is 0 Å². The second kappa shape index (κ2) is 6.89. The summed E-state index contributed by atoms with van der Waals surface area (Å²) in [4.78, 5) is 7.09. The normalized spacial score (nSPS) is 15.7. The largest absolute Gasteiger partial charge is 0.352 e. The van der Waals surface area contributed by atoms with E-state index in [9.17, 15) is 0 Å². The van der Waals surface area contributed by atoms with E-state index in [1.165, 1.54) is 11.1 Å². The van der Waals surface area contributed by atoms with Gasteiger partial charge in [0, 0.05) is 25.3 Å². The second-order valence-corrected chi connectivity index (χ2v) is 6.26. The van der Waals surface area contributed by atoms with E-state index in [1.54, 1.807) is 0 Å². The van der Waals surface area contributed by atoms with Gasteiger partial charge in [-0.25, -0.2) is 4.98 Å². The Hall–Kier alpha value is -1.35. The predicted octanol–water partition coefficient (Wildman–Crippen LogP) is 3.29. The third-order valence-corrected chi connectivity index (χ3v) is 3.54. The van der Waals surface area contributed by atoms with Crippen LogP contribution in [0.25, 0.3) is 0 Å². The first-order valence-corrected chi connectivity index (χ1v) is 7.63. The summed E-state index contributed by atoms with van der Waals surface area (Å²) in [5.74, 6) is 1.81. The van der Waals surface area contributed by atoms with Gasteiger partial charge in [0.15, 0.2) is 0 Å². The number of aromatic nitrogens is 1. The fourth-order valence-corrected chi connectivity index (χ4v) is 2.60. The van der Waals surface area contributed by atoms with Crippen molar-refractivity contribution in [3.8, 4) is 0 Å². The zero-order chi connectivity index (χ0) is 14.5. The van der Waals surface area contributed by atoms with E-state index >= 15 is 0 Å². The molecule has 0 aliphatic carbocycles. The number of aryl methyl sites for hydroxylation is 1. The lowest BCUT2D eigenvalue weighted by Gasteiger charge is -2.28. The molecule has 0 radical (unpaired) electrons. The van der Waals surface area contributed by atoms with Crippen LogP contribution >= 0.6 is 0 Å². The highest BCUT2D eigenvalue weighted by Crippen LogP contribution is 2.19. The van der Waals surface area contributed by atoms with Crippen molar-refractivity contribution in [1.82, 2.24) is 10.3 Å². The first-order chi connectivity index (χ1) is 9.54. The molecule has 0 amide bonds. The smallest absolute Gasteiger partial charge is 0.129 e. The monoisotopic (exact) mass is 273 g/mol. The third kappa shape index (κ3) is 4.34. The summed E-state index contributed by atoms with van der Waals surface area (Å²) >= 11 is 0. The molecule has 20 heavy (non-hydrogen) atoms. The van der Waals surface area contributed by atoms with Gasteiger partial charge in [0.25, 0.3) is 0 Å². The fourth-order valence-electron chi connectivity index (χ4n) is 2.60. The maximum atomic E-state index is 4.71. The van der Waals surface area contributed by atoms with Crippen molar-refractivity contribution in [2.24, 2.45) is 5.92 Å².